The van der Waals surface area contributed by atoms with Crippen molar-refractivity contribution in [2.45, 2.75) is 11.8 Å². The van der Waals surface area contributed by atoms with Crippen LogP contribution >= 0.6 is 46.8 Å². The Balaban J connectivity index is 1.69. The number of hydrogen-bond donors (Lipinski definition) is 3. The fourth-order valence-corrected chi connectivity index (χ4v) is 5.43. The predicted molar refractivity (Wildman–Crippen MR) is 134 cm³/mol. The minimum absolute atomic E-state index is 0.0416. The van der Waals surface area contributed by atoms with Crippen LogP contribution in [0, 0.1) is 6.92 Å². The highest BCUT2D eigenvalue weighted by atomic mass is 35.5. The van der Waals surface area contributed by atoms with Crippen molar-refractivity contribution < 1.29 is 17.9 Å². The van der Waals surface area contributed by atoms with Gasteiger partial charge in [0.05, 0.1) is 23.3 Å². The van der Waals surface area contributed by atoms with Crippen molar-refractivity contribution in [1.29, 1.82) is 0 Å². The molecule has 0 aliphatic heterocycles. The van der Waals surface area contributed by atoms with Crippen LogP contribution in [-0.2, 0) is 14.8 Å². The van der Waals surface area contributed by atoms with Gasteiger partial charge < -0.3 is 15.4 Å². The van der Waals surface area contributed by atoms with Crippen LogP contribution in [0.3, 0.4) is 0 Å². The van der Waals surface area contributed by atoms with Crippen molar-refractivity contribution in [2.24, 2.45) is 0 Å². The lowest BCUT2D eigenvalue weighted by molar-refractivity contribution is 0.0602. The summed E-state index contributed by atoms with van der Waals surface area (Å²) < 4.78 is 32.5. The van der Waals surface area contributed by atoms with Crippen LogP contribution in [0.5, 0.6) is 0 Å². The monoisotopic (exact) mass is 529 g/mol. The molecule has 3 N–H and O–H groups in total. The van der Waals surface area contributed by atoms with Gasteiger partial charge in [0.25, 0.3) is 10.0 Å². The molecule has 0 fully saturated rings. The summed E-state index contributed by atoms with van der Waals surface area (Å²) in [6.07, 6.45) is 0. The molecule has 0 spiro atoms. The van der Waals surface area contributed by atoms with Crippen LogP contribution in [-0.4, -0.2) is 26.6 Å². The maximum Gasteiger partial charge on any atom is 0.340 e. The van der Waals surface area contributed by atoms with Crippen molar-refractivity contribution in [1.82, 2.24) is 0 Å². The summed E-state index contributed by atoms with van der Waals surface area (Å²) in [5.41, 5.74) is 1.19. The van der Waals surface area contributed by atoms with E-state index in [2.05, 4.69) is 15.4 Å². The largest absolute Gasteiger partial charge is 0.465 e. The van der Waals surface area contributed by atoms with E-state index in [9.17, 15) is 13.2 Å². The molecule has 7 nitrogen and oxygen atoms in total. The summed E-state index contributed by atoms with van der Waals surface area (Å²) in [7, 11) is -2.54. The molecule has 12 heteroatoms. The lowest BCUT2D eigenvalue weighted by Gasteiger charge is -2.12. The zero-order valence-electron chi connectivity index (χ0n) is 16.7. The second-order valence-electron chi connectivity index (χ2n) is 6.46. The smallest absolute Gasteiger partial charge is 0.340 e. The summed E-state index contributed by atoms with van der Waals surface area (Å²) in [5, 5.41) is 7.33. The average molecular weight is 530 g/mol. The maximum absolute atomic E-state index is 12.6. The number of thiophene rings is 1. The molecule has 0 atom stereocenters. The third-order valence-corrected chi connectivity index (χ3v) is 7.03. The summed E-state index contributed by atoms with van der Waals surface area (Å²) in [5.74, 6) is -0.470. The van der Waals surface area contributed by atoms with Gasteiger partial charge in [0.1, 0.15) is 5.00 Å². The number of hydrogen-bond acceptors (Lipinski definition) is 6. The van der Waals surface area contributed by atoms with Crippen molar-refractivity contribution in [2.75, 3.05) is 22.5 Å². The number of ether oxygens (including phenoxy) is 1. The minimum atomic E-state index is -3.85. The quantitative estimate of drug-likeness (QED) is 0.276. The Morgan fingerprint density at radius 1 is 1.00 bits per heavy atom. The van der Waals surface area contributed by atoms with Gasteiger partial charge >= 0.3 is 5.97 Å². The maximum atomic E-state index is 12.6. The van der Waals surface area contributed by atoms with Crippen molar-refractivity contribution >= 4 is 84.2 Å². The van der Waals surface area contributed by atoms with Crippen LogP contribution in [0.4, 0.5) is 16.4 Å². The number of esters is 1. The van der Waals surface area contributed by atoms with Gasteiger partial charge in [-0.3, -0.25) is 4.72 Å². The van der Waals surface area contributed by atoms with Gasteiger partial charge in [-0.2, -0.15) is 0 Å². The van der Waals surface area contributed by atoms with Crippen LogP contribution in [0.25, 0.3) is 0 Å². The first-order valence-electron chi connectivity index (χ1n) is 8.93. The third-order valence-electron chi connectivity index (χ3n) is 4.02. The Bertz CT molecular complexity index is 1260. The standard InChI is InChI=1S/C20H17Cl2N3O4S3/c1-11-7-17(19(26)29-2)18(31-11)24-20(30)23-14-3-5-16(6-4-14)32(27,28)25-15-9-12(21)8-13(22)10-15/h3-10,25H,1-2H3,(H2,23,24,30). The minimum Gasteiger partial charge on any atom is -0.465 e. The first-order chi connectivity index (χ1) is 15.1. The van der Waals surface area contributed by atoms with E-state index < -0.39 is 16.0 Å². The van der Waals surface area contributed by atoms with Gasteiger partial charge in [-0.25, -0.2) is 13.2 Å². The number of sulfonamides is 1. The van der Waals surface area contributed by atoms with Crippen LogP contribution in [0.2, 0.25) is 10.0 Å². The normalized spacial score (nSPS) is 11.0. The topological polar surface area (TPSA) is 96.5 Å². The lowest BCUT2D eigenvalue weighted by atomic mass is 10.3. The van der Waals surface area contributed by atoms with E-state index in [0.29, 0.717) is 26.3 Å². The molecule has 0 radical (unpaired) electrons. The van der Waals surface area contributed by atoms with E-state index in [4.69, 9.17) is 40.2 Å². The fraction of sp³-hybridized carbons (Fsp3) is 0.100. The van der Waals surface area contributed by atoms with Crippen molar-refractivity contribution in [3.05, 3.63) is 69.0 Å². The second kappa shape index (κ2) is 10.1. The van der Waals surface area contributed by atoms with Gasteiger partial charge in [0.2, 0.25) is 0 Å². The Morgan fingerprint density at radius 3 is 2.22 bits per heavy atom. The molecular weight excluding hydrogens is 513 g/mol. The zero-order valence-corrected chi connectivity index (χ0v) is 20.7. The summed E-state index contributed by atoms with van der Waals surface area (Å²) in [6.45, 7) is 1.86. The molecule has 168 valence electrons. The number of halogens is 2. The van der Waals surface area contributed by atoms with Crippen LogP contribution in [0.15, 0.2) is 53.4 Å². The number of carbonyl (C=O) groups is 1. The highest BCUT2D eigenvalue weighted by Crippen LogP contribution is 2.29. The van der Waals surface area contributed by atoms with Crippen LogP contribution in [0.1, 0.15) is 15.2 Å². The molecule has 2 aromatic carbocycles. The Hall–Kier alpha value is -2.37. The number of methoxy groups -OCH3 is 1. The van der Waals surface area contributed by atoms with E-state index in [-0.39, 0.29) is 15.7 Å². The number of nitrogens with one attached hydrogen (secondary N) is 3. The molecule has 32 heavy (non-hydrogen) atoms. The number of rotatable bonds is 6. The molecule has 0 saturated heterocycles. The first kappa shape index (κ1) is 24.3. The van der Waals surface area contributed by atoms with Gasteiger partial charge in [0.15, 0.2) is 5.11 Å². The molecule has 3 rings (SSSR count). The average Bonchev–Trinajstić information content (AvgIpc) is 3.06. The van der Waals surface area contributed by atoms with Crippen molar-refractivity contribution in [3.8, 4) is 0 Å². The second-order valence-corrected chi connectivity index (χ2v) is 10.7. The summed E-state index contributed by atoms with van der Waals surface area (Å²) in [4.78, 5) is 12.8. The van der Waals surface area contributed by atoms with Gasteiger partial charge in [0, 0.05) is 20.6 Å². The molecule has 1 aromatic heterocycles. The van der Waals surface area contributed by atoms with E-state index in [1.165, 1.54) is 48.8 Å². The number of aryl methyl sites for hydroxylation is 1. The van der Waals surface area contributed by atoms with Crippen LogP contribution < -0.4 is 15.4 Å². The lowest BCUT2D eigenvalue weighted by Crippen LogP contribution is -2.20. The fourth-order valence-electron chi connectivity index (χ4n) is 2.68. The Kier molecular flexibility index (Phi) is 7.63. The van der Waals surface area contributed by atoms with E-state index in [0.717, 1.165) is 4.88 Å². The third kappa shape index (κ3) is 6.11. The number of thiocarbonyl (C=S) groups is 1. The Morgan fingerprint density at radius 2 is 1.62 bits per heavy atom. The van der Waals surface area contributed by atoms with Gasteiger partial charge in [-0.05, 0) is 67.7 Å². The molecule has 0 saturated carbocycles. The molecule has 0 amide bonds. The zero-order chi connectivity index (χ0) is 23.5. The molecule has 1 heterocycles. The van der Waals surface area contributed by atoms with E-state index >= 15 is 0 Å². The first-order valence-corrected chi connectivity index (χ1v) is 12.4. The Labute approximate surface area is 204 Å². The summed E-state index contributed by atoms with van der Waals surface area (Å²) in [6, 6.07) is 12.1. The number of anilines is 3. The van der Waals surface area contributed by atoms with Gasteiger partial charge in [-0.1, -0.05) is 23.2 Å². The van der Waals surface area contributed by atoms with E-state index in [1.54, 1.807) is 18.2 Å². The summed E-state index contributed by atoms with van der Waals surface area (Å²) >= 11 is 18.5. The highest BCUT2D eigenvalue weighted by Gasteiger charge is 2.17. The predicted octanol–water partition coefficient (Wildman–Crippen LogP) is 5.76. The number of carbonyl (C=O) groups excluding carboxylic acids is 1. The SMILES string of the molecule is COC(=O)c1cc(C)sc1NC(=S)Nc1ccc(S(=O)(=O)Nc2cc(Cl)cc(Cl)c2)cc1. The molecule has 3 aromatic rings. The van der Waals surface area contributed by atoms with Gasteiger partial charge in [-0.15, -0.1) is 11.3 Å². The number of benzene rings is 2. The molecule has 0 aliphatic carbocycles. The molecule has 0 unspecified atom stereocenters. The molecule has 0 aliphatic rings. The highest BCUT2D eigenvalue weighted by molar-refractivity contribution is 7.92. The van der Waals surface area contributed by atoms with E-state index in [1.807, 2.05) is 6.92 Å². The molecular formula is C20H17Cl2N3O4S3. The molecule has 0 bridgehead atoms. The van der Waals surface area contributed by atoms with Crippen molar-refractivity contribution in [3.63, 3.8) is 0 Å².